The fourth-order valence-electron chi connectivity index (χ4n) is 1.46. The third-order valence-corrected chi connectivity index (χ3v) is 3.80. The van der Waals surface area contributed by atoms with Crippen molar-refractivity contribution in [1.82, 2.24) is 5.32 Å². The highest BCUT2D eigenvalue weighted by molar-refractivity contribution is 7.85. The van der Waals surface area contributed by atoms with Crippen molar-refractivity contribution >= 4 is 10.8 Å². The predicted molar refractivity (Wildman–Crippen MR) is 70.0 cm³/mol. The first kappa shape index (κ1) is 14.3. The molecule has 0 saturated carbocycles. The van der Waals surface area contributed by atoms with Gasteiger partial charge in [-0.1, -0.05) is 26.0 Å². The zero-order valence-electron chi connectivity index (χ0n) is 10.4. The predicted octanol–water partition coefficient (Wildman–Crippen LogP) is 2.57. The van der Waals surface area contributed by atoms with E-state index >= 15 is 0 Å². The summed E-state index contributed by atoms with van der Waals surface area (Å²) < 4.78 is 25.1. The number of hydrogen-bond acceptors (Lipinski definition) is 2. The van der Waals surface area contributed by atoms with E-state index in [4.69, 9.17) is 0 Å². The van der Waals surface area contributed by atoms with Gasteiger partial charge >= 0.3 is 0 Å². The molecule has 1 unspecified atom stereocenters. The summed E-state index contributed by atoms with van der Waals surface area (Å²) in [5, 5.41) is 3.28. The Labute approximate surface area is 105 Å². The average Bonchev–Trinajstić information content (AvgIpc) is 2.28. The quantitative estimate of drug-likeness (QED) is 0.761. The summed E-state index contributed by atoms with van der Waals surface area (Å²) in [5.41, 5.74) is 0. The zero-order valence-corrected chi connectivity index (χ0v) is 11.2. The van der Waals surface area contributed by atoms with Crippen LogP contribution in [-0.2, 0) is 10.8 Å². The van der Waals surface area contributed by atoms with Crippen molar-refractivity contribution in [3.63, 3.8) is 0 Å². The Morgan fingerprint density at radius 1 is 1.35 bits per heavy atom. The van der Waals surface area contributed by atoms with Crippen molar-refractivity contribution in [3.05, 3.63) is 30.1 Å². The van der Waals surface area contributed by atoms with Crippen LogP contribution >= 0.6 is 0 Å². The molecule has 1 rings (SSSR count). The van der Waals surface area contributed by atoms with Gasteiger partial charge in [-0.3, -0.25) is 4.21 Å². The molecule has 0 aliphatic rings. The molecular formula is C13H20FNOS. The first-order valence-corrected chi connectivity index (χ1v) is 7.26. The molecule has 0 fully saturated rings. The van der Waals surface area contributed by atoms with Crippen LogP contribution in [0.2, 0.25) is 0 Å². The minimum absolute atomic E-state index is 0.316. The summed E-state index contributed by atoms with van der Waals surface area (Å²) >= 11 is 0. The molecular weight excluding hydrogens is 237 g/mol. The Balaban J connectivity index is 2.29. The van der Waals surface area contributed by atoms with Gasteiger partial charge in [-0.15, -0.1) is 0 Å². The van der Waals surface area contributed by atoms with Gasteiger partial charge < -0.3 is 5.32 Å². The molecule has 0 radical (unpaired) electrons. The van der Waals surface area contributed by atoms with Crippen LogP contribution in [0.25, 0.3) is 0 Å². The maximum Gasteiger partial charge on any atom is 0.139 e. The van der Waals surface area contributed by atoms with E-state index in [0.29, 0.717) is 16.6 Å². The first-order chi connectivity index (χ1) is 8.11. The molecule has 0 aliphatic carbocycles. The van der Waals surface area contributed by atoms with Crippen LogP contribution in [0.3, 0.4) is 0 Å². The standard InChI is InChI=1S/C13H20FNOS/c1-11(2)10-15-8-5-9-17(16)13-7-4-3-6-12(13)14/h3-4,6-7,11,15H,5,8-10H2,1-2H3. The lowest BCUT2D eigenvalue weighted by molar-refractivity contribution is 0.550. The van der Waals surface area contributed by atoms with Crippen LogP contribution in [0.4, 0.5) is 4.39 Å². The van der Waals surface area contributed by atoms with E-state index in [9.17, 15) is 8.60 Å². The summed E-state index contributed by atoms with van der Waals surface area (Å²) in [6.45, 7) is 6.08. The Morgan fingerprint density at radius 2 is 2.06 bits per heavy atom. The van der Waals surface area contributed by atoms with Crippen LogP contribution in [0.1, 0.15) is 20.3 Å². The van der Waals surface area contributed by atoms with Gasteiger partial charge in [0.25, 0.3) is 0 Å². The topological polar surface area (TPSA) is 29.1 Å². The number of nitrogens with one attached hydrogen (secondary N) is 1. The fourth-order valence-corrected chi connectivity index (χ4v) is 2.60. The van der Waals surface area contributed by atoms with Gasteiger partial charge in [0.05, 0.1) is 15.7 Å². The van der Waals surface area contributed by atoms with E-state index < -0.39 is 10.8 Å². The smallest absolute Gasteiger partial charge is 0.139 e. The number of halogens is 1. The Hall–Kier alpha value is -0.740. The minimum atomic E-state index is -1.22. The third-order valence-electron chi connectivity index (χ3n) is 2.32. The van der Waals surface area contributed by atoms with Gasteiger partial charge in [-0.2, -0.15) is 0 Å². The van der Waals surface area contributed by atoms with Crippen molar-refractivity contribution in [1.29, 1.82) is 0 Å². The molecule has 17 heavy (non-hydrogen) atoms. The van der Waals surface area contributed by atoms with Crippen molar-refractivity contribution < 1.29 is 8.60 Å². The summed E-state index contributed by atoms with van der Waals surface area (Å²) in [7, 11) is -1.22. The summed E-state index contributed by atoms with van der Waals surface area (Å²) in [6.07, 6.45) is 0.799. The molecule has 0 aromatic heterocycles. The maximum absolute atomic E-state index is 13.3. The van der Waals surface area contributed by atoms with Crippen molar-refractivity contribution in [2.45, 2.75) is 25.2 Å². The molecule has 0 bridgehead atoms. The van der Waals surface area contributed by atoms with Gasteiger partial charge in [0, 0.05) is 5.75 Å². The van der Waals surface area contributed by atoms with Crippen LogP contribution in [-0.4, -0.2) is 23.1 Å². The second-order valence-corrected chi connectivity index (χ2v) is 5.97. The number of benzene rings is 1. The summed E-state index contributed by atoms with van der Waals surface area (Å²) in [4.78, 5) is 0.316. The van der Waals surface area contributed by atoms with Crippen molar-refractivity contribution in [2.75, 3.05) is 18.8 Å². The van der Waals surface area contributed by atoms with E-state index in [1.807, 2.05) is 0 Å². The van der Waals surface area contributed by atoms with Crippen LogP contribution in [0.15, 0.2) is 29.2 Å². The normalized spacial score (nSPS) is 12.9. The largest absolute Gasteiger partial charge is 0.316 e. The number of hydrogen-bond donors (Lipinski definition) is 1. The highest BCUT2D eigenvalue weighted by Gasteiger charge is 2.08. The molecule has 0 spiro atoms. The Kier molecular flexibility index (Phi) is 6.37. The third kappa shape index (κ3) is 5.41. The van der Waals surface area contributed by atoms with E-state index in [1.54, 1.807) is 18.2 Å². The molecule has 1 atom stereocenters. The van der Waals surface area contributed by atoms with E-state index in [2.05, 4.69) is 19.2 Å². The monoisotopic (exact) mass is 257 g/mol. The summed E-state index contributed by atoms with van der Waals surface area (Å²) in [5.74, 6) is 0.750. The zero-order chi connectivity index (χ0) is 12.7. The lowest BCUT2D eigenvalue weighted by Gasteiger charge is -2.07. The lowest BCUT2D eigenvalue weighted by atomic mass is 10.2. The second-order valence-electron chi connectivity index (χ2n) is 4.43. The molecule has 0 amide bonds. The van der Waals surface area contributed by atoms with Crippen LogP contribution in [0, 0.1) is 11.7 Å². The van der Waals surface area contributed by atoms with Crippen LogP contribution < -0.4 is 5.32 Å². The van der Waals surface area contributed by atoms with Gasteiger partial charge in [-0.05, 0) is 37.6 Å². The van der Waals surface area contributed by atoms with Gasteiger partial charge in [-0.25, -0.2) is 4.39 Å². The highest BCUT2D eigenvalue weighted by atomic mass is 32.2. The molecule has 96 valence electrons. The summed E-state index contributed by atoms with van der Waals surface area (Å²) in [6, 6.07) is 6.27. The van der Waals surface area contributed by atoms with Crippen LogP contribution in [0.5, 0.6) is 0 Å². The van der Waals surface area contributed by atoms with Gasteiger partial charge in [0.1, 0.15) is 5.82 Å². The van der Waals surface area contributed by atoms with E-state index in [1.165, 1.54) is 6.07 Å². The number of rotatable bonds is 7. The molecule has 0 heterocycles. The van der Waals surface area contributed by atoms with Gasteiger partial charge in [0.15, 0.2) is 0 Å². The molecule has 4 heteroatoms. The SMILES string of the molecule is CC(C)CNCCCS(=O)c1ccccc1F. The molecule has 0 saturated heterocycles. The van der Waals surface area contributed by atoms with Crippen molar-refractivity contribution in [3.8, 4) is 0 Å². The lowest BCUT2D eigenvalue weighted by Crippen LogP contribution is -2.22. The second kappa shape index (κ2) is 7.56. The minimum Gasteiger partial charge on any atom is -0.316 e. The van der Waals surface area contributed by atoms with Gasteiger partial charge in [0.2, 0.25) is 0 Å². The molecule has 2 nitrogen and oxygen atoms in total. The highest BCUT2D eigenvalue weighted by Crippen LogP contribution is 2.12. The van der Waals surface area contributed by atoms with E-state index in [0.717, 1.165) is 19.5 Å². The molecule has 1 N–H and O–H groups in total. The molecule has 1 aromatic carbocycles. The van der Waals surface area contributed by atoms with E-state index in [-0.39, 0.29) is 5.82 Å². The maximum atomic E-state index is 13.3. The fraction of sp³-hybridized carbons (Fsp3) is 0.538. The van der Waals surface area contributed by atoms with Crippen molar-refractivity contribution in [2.24, 2.45) is 5.92 Å². The first-order valence-electron chi connectivity index (χ1n) is 5.95. The Morgan fingerprint density at radius 3 is 2.71 bits per heavy atom. The molecule has 1 aromatic rings. The molecule has 0 aliphatic heterocycles. The Bertz CT molecular complexity index is 368. The average molecular weight is 257 g/mol.